The number of halogens is 3. The Bertz CT molecular complexity index is 554. The van der Waals surface area contributed by atoms with Crippen LogP contribution in [0.1, 0.15) is 40.4 Å². The van der Waals surface area contributed by atoms with Crippen LogP contribution in [0.3, 0.4) is 0 Å². The van der Waals surface area contributed by atoms with Gasteiger partial charge in [0.05, 0.1) is 11.6 Å². The first-order valence-corrected chi connectivity index (χ1v) is 6.03. The number of aromatic carboxylic acids is 1. The van der Waals surface area contributed by atoms with Gasteiger partial charge in [-0.2, -0.15) is 13.2 Å². The quantitative estimate of drug-likeness (QED) is 0.878. The lowest BCUT2D eigenvalue weighted by Crippen LogP contribution is -2.40. The molecule has 20 heavy (non-hydrogen) atoms. The van der Waals surface area contributed by atoms with Gasteiger partial charge >= 0.3 is 18.1 Å². The Morgan fingerprint density at radius 1 is 1.30 bits per heavy atom. The van der Waals surface area contributed by atoms with E-state index in [9.17, 15) is 22.8 Å². The molecule has 0 aromatic heterocycles. The number of carbonyl (C=O) groups is 2. The zero-order valence-electron chi connectivity index (χ0n) is 10.3. The van der Waals surface area contributed by atoms with Crippen LogP contribution in [0.2, 0.25) is 0 Å². The Balaban J connectivity index is 2.29. The molecule has 1 aromatic rings. The first kappa shape index (κ1) is 14.4. The van der Waals surface area contributed by atoms with Gasteiger partial charge in [-0.15, -0.1) is 0 Å². The van der Waals surface area contributed by atoms with Crippen LogP contribution in [-0.2, 0) is 11.2 Å². The van der Waals surface area contributed by atoms with Gasteiger partial charge in [-0.3, -0.25) is 4.79 Å². The predicted molar refractivity (Wildman–Crippen MR) is 63.3 cm³/mol. The average Bonchev–Trinajstić information content (AvgIpc) is 2.37. The van der Waals surface area contributed by atoms with Crippen LogP contribution in [0.5, 0.6) is 0 Å². The third-order valence-electron chi connectivity index (χ3n) is 3.27. The largest absolute Gasteiger partial charge is 0.478 e. The van der Waals surface area contributed by atoms with Crippen molar-refractivity contribution in [2.24, 2.45) is 0 Å². The fourth-order valence-electron chi connectivity index (χ4n) is 2.32. The van der Waals surface area contributed by atoms with E-state index >= 15 is 0 Å². The number of hydrogen-bond donors (Lipinski definition) is 2. The van der Waals surface area contributed by atoms with Gasteiger partial charge in [-0.1, -0.05) is 6.07 Å². The van der Waals surface area contributed by atoms with E-state index in [1.807, 2.05) is 5.32 Å². The molecule has 1 aliphatic rings. The van der Waals surface area contributed by atoms with Gasteiger partial charge in [0, 0.05) is 0 Å². The van der Waals surface area contributed by atoms with Crippen molar-refractivity contribution in [2.75, 3.05) is 0 Å². The third kappa shape index (κ3) is 2.92. The fourth-order valence-corrected chi connectivity index (χ4v) is 2.32. The van der Waals surface area contributed by atoms with E-state index in [1.165, 1.54) is 12.1 Å². The number of nitrogens with one attached hydrogen (secondary N) is 1. The molecular weight excluding hydrogens is 275 g/mol. The SMILES string of the molecule is O=C(O)c1ccc2c(c1)C(NC(=O)C(F)(F)F)CCC2. The number of alkyl halides is 3. The highest BCUT2D eigenvalue weighted by molar-refractivity contribution is 5.88. The first-order valence-electron chi connectivity index (χ1n) is 6.03. The Morgan fingerprint density at radius 3 is 2.60 bits per heavy atom. The Morgan fingerprint density at radius 2 is 2.00 bits per heavy atom. The minimum Gasteiger partial charge on any atom is -0.478 e. The van der Waals surface area contributed by atoms with Crippen LogP contribution in [0.15, 0.2) is 18.2 Å². The van der Waals surface area contributed by atoms with E-state index < -0.39 is 24.1 Å². The van der Waals surface area contributed by atoms with Crippen LogP contribution in [-0.4, -0.2) is 23.2 Å². The molecule has 0 spiro atoms. The number of fused-ring (bicyclic) bond motifs is 1. The van der Waals surface area contributed by atoms with Crippen molar-refractivity contribution in [3.8, 4) is 0 Å². The summed E-state index contributed by atoms with van der Waals surface area (Å²) in [6, 6.07) is 3.53. The number of hydrogen-bond acceptors (Lipinski definition) is 2. The minimum absolute atomic E-state index is 0.00286. The smallest absolute Gasteiger partial charge is 0.471 e. The molecule has 0 fully saturated rings. The zero-order valence-corrected chi connectivity index (χ0v) is 10.3. The van der Waals surface area contributed by atoms with Crippen molar-refractivity contribution in [2.45, 2.75) is 31.5 Å². The van der Waals surface area contributed by atoms with Gasteiger partial charge in [-0.05, 0) is 42.5 Å². The zero-order chi connectivity index (χ0) is 14.9. The van der Waals surface area contributed by atoms with E-state index in [0.29, 0.717) is 24.8 Å². The molecule has 0 bridgehead atoms. The second kappa shape index (κ2) is 5.15. The van der Waals surface area contributed by atoms with Gasteiger partial charge in [0.15, 0.2) is 0 Å². The van der Waals surface area contributed by atoms with Crippen molar-refractivity contribution in [3.63, 3.8) is 0 Å². The average molecular weight is 287 g/mol. The van der Waals surface area contributed by atoms with Crippen LogP contribution in [0.4, 0.5) is 13.2 Å². The number of carboxylic acid groups (broad SMARTS) is 1. The summed E-state index contributed by atoms with van der Waals surface area (Å²) in [4.78, 5) is 21.9. The highest BCUT2D eigenvalue weighted by Gasteiger charge is 2.40. The van der Waals surface area contributed by atoms with Gasteiger partial charge in [0.25, 0.3) is 0 Å². The molecule has 0 heterocycles. The van der Waals surface area contributed by atoms with Crippen molar-refractivity contribution in [1.82, 2.24) is 5.32 Å². The number of rotatable bonds is 2. The molecule has 1 unspecified atom stereocenters. The highest BCUT2D eigenvalue weighted by Crippen LogP contribution is 2.31. The number of carbonyl (C=O) groups excluding carboxylic acids is 1. The molecular formula is C13H12F3NO3. The molecule has 2 N–H and O–H groups in total. The Labute approximate surface area is 112 Å². The van der Waals surface area contributed by atoms with Crippen molar-refractivity contribution in [3.05, 3.63) is 34.9 Å². The van der Waals surface area contributed by atoms with Crippen molar-refractivity contribution >= 4 is 11.9 Å². The van der Waals surface area contributed by atoms with Crippen molar-refractivity contribution < 1.29 is 27.9 Å². The summed E-state index contributed by atoms with van der Waals surface area (Å²) in [6.45, 7) is 0. The first-order chi connectivity index (χ1) is 9.29. The lowest BCUT2D eigenvalue weighted by molar-refractivity contribution is -0.174. The van der Waals surface area contributed by atoms with Gasteiger partial charge in [0.2, 0.25) is 0 Å². The molecule has 1 amide bonds. The molecule has 0 radical (unpaired) electrons. The molecule has 0 saturated heterocycles. The van der Waals surface area contributed by atoms with E-state index in [-0.39, 0.29) is 5.56 Å². The minimum atomic E-state index is -4.94. The molecule has 1 aromatic carbocycles. The summed E-state index contributed by atoms with van der Waals surface area (Å²) in [5.41, 5.74) is 1.22. The molecule has 1 atom stereocenters. The predicted octanol–water partition coefficient (Wildman–Crippen LogP) is 2.44. The van der Waals surface area contributed by atoms with Gasteiger partial charge in [-0.25, -0.2) is 4.79 Å². The summed E-state index contributed by atoms with van der Waals surface area (Å²) in [7, 11) is 0. The van der Waals surface area contributed by atoms with Crippen LogP contribution in [0.25, 0.3) is 0 Å². The van der Waals surface area contributed by atoms with E-state index in [1.54, 1.807) is 6.07 Å². The topological polar surface area (TPSA) is 66.4 Å². The number of amides is 1. The molecule has 0 saturated carbocycles. The summed E-state index contributed by atoms with van der Waals surface area (Å²) >= 11 is 0. The Kier molecular flexibility index (Phi) is 3.69. The van der Waals surface area contributed by atoms with Gasteiger partial charge in [0.1, 0.15) is 0 Å². The lowest BCUT2D eigenvalue weighted by atomic mass is 9.86. The Hall–Kier alpha value is -2.05. The maximum Gasteiger partial charge on any atom is 0.471 e. The summed E-state index contributed by atoms with van der Waals surface area (Å²) in [5, 5.41) is 10.8. The van der Waals surface area contributed by atoms with Crippen LogP contribution in [0, 0.1) is 0 Å². The molecule has 2 rings (SSSR count). The summed E-state index contributed by atoms with van der Waals surface area (Å²) in [6.07, 6.45) is -3.28. The summed E-state index contributed by atoms with van der Waals surface area (Å²) in [5.74, 6) is -3.16. The second-order valence-corrected chi connectivity index (χ2v) is 4.63. The van der Waals surface area contributed by atoms with E-state index in [2.05, 4.69) is 0 Å². The van der Waals surface area contributed by atoms with E-state index in [0.717, 1.165) is 5.56 Å². The van der Waals surface area contributed by atoms with Crippen molar-refractivity contribution in [1.29, 1.82) is 0 Å². The lowest BCUT2D eigenvalue weighted by Gasteiger charge is -2.27. The monoisotopic (exact) mass is 287 g/mol. The van der Waals surface area contributed by atoms with Crippen LogP contribution >= 0.6 is 0 Å². The maximum absolute atomic E-state index is 12.3. The number of carboxylic acids is 1. The second-order valence-electron chi connectivity index (χ2n) is 4.63. The normalized spacial score (nSPS) is 18.2. The van der Waals surface area contributed by atoms with Gasteiger partial charge < -0.3 is 10.4 Å². The fraction of sp³-hybridized carbons (Fsp3) is 0.385. The van der Waals surface area contributed by atoms with Crippen LogP contribution < -0.4 is 5.32 Å². The standard InChI is InChI=1S/C13H12F3NO3/c14-13(15,16)12(20)17-10-3-1-2-7-4-5-8(11(18)19)6-9(7)10/h4-6,10H,1-3H2,(H,17,20)(H,18,19). The molecule has 1 aliphatic carbocycles. The molecule has 7 heteroatoms. The number of benzene rings is 1. The molecule has 4 nitrogen and oxygen atoms in total. The molecule has 108 valence electrons. The highest BCUT2D eigenvalue weighted by atomic mass is 19.4. The molecule has 0 aliphatic heterocycles. The summed E-state index contributed by atoms with van der Waals surface area (Å²) < 4.78 is 36.8. The van der Waals surface area contributed by atoms with E-state index in [4.69, 9.17) is 5.11 Å². The third-order valence-corrected chi connectivity index (χ3v) is 3.27. The number of aryl methyl sites for hydroxylation is 1. The maximum atomic E-state index is 12.3.